The average Bonchev–Trinajstić information content (AvgIpc) is 2.66. The number of hydrogen-bond acceptors (Lipinski definition) is 7. The summed E-state index contributed by atoms with van der Waals surface area (Å²) in [7, 11) is 7.56. The summed E-state index contributed by atoms with van der Waals surface area (Å²) < 4.78 is 0. The van der Waals surface area contributed by atoms with Gasteiger partial charge in [0.15, 0.2) is 0 Å². The van der Waals surface area contributed by atoms with Gasteiger partial charge in [0.2, 0.25) is 5.91 Å². The van der Waals surface area contributed by atoms with Gasteiger partial charge in [-0.25, -0.2) is 4.98 Å². The van der Waals surface area contributed by atoms with Gasteiger partial charge in [0.05, 0.1) is 24.1 Å². The van der Waals surface area contributed by atoms with E-state index in [1.54, 1.807) is 36.6 Å². The SMILES string of the molecule is CNc1cncc(-c2c[nH]c(=O)c(N(C)C3CN(C(=O)/C=C/CN(C)C)C3)c2)n1. The highest BCUT2D eigenvalue weighted by Gasteiger charge is 2.33. The maximum Gasteiger partial charge on any atom is 0.271 e. The maximum atomic E-state index is 12.4. The maximum absolute atomic E-state index is 12.4. The minimum atomic E-state index is -0.176. The molecule has 0 atom stereocenters. The van der Waals surface area contributed by atoms with E-state index < -0.39 is 0 Å². The number of rotatable bonds is 7. The number of carbonyl (C=O) groups is 1. The first kappa shape index (κ1) is 20.5. The monoisotopic (exact) mass is 397 g/mol. The fraction of sp³-hybridized carbons (Fsp3) is 0.400. The first-order valence-corrected chi connectivity index (χ1v) is 9.45. The van der Waals surface area contributed by atoms with E-state index >= 15 is 0 Å². The molecular formula is C20H27N7O2. The molecule has 0 spiro atoms. The molecule has 2 N–H and O–H groups in total. The van der Waals surface area contributed by atoms with Gasteiger partial charge in [-0.1, -0.05) is 6.08 Å². The summed E-state index contributed by atoms with van der Waals surface area (Å²) in [5.74, 6) is 0.650. The van der Waals surface area contributed by atoms with E-state index in [2.05, 4.69) is 20.3 Å². The largest absolute Gasteiger partial charge is 0.372 e. The van der Waals surface area contributed by atoms with Crippen LogP contribution in [-0.2, 0) is 4.79 Å². The third kappa shape index (κ3) is 4.80. The van der Waals surface area contributed by atoms with Gasteiger partial charge in [-0.2, -0.15) is 0 Å². The molecule has 0 aromatic carbocycles. The highest BCUT2D eigenvalue weighted by atomic mass is 16.2. The van der Waals surface area contributed by atoms with Crippen molar-refractivity contribution >= 4 is 17.4 Å². The molecule has 9 nitrogen and oxygen atoms in total. The fourth-order valence-corrected chi connectivity index (χ4v) is 3.05. The van der Waals surface area contributed by atoms with E-state index in [1.807, 2.05) is 43.1 Å². The van der Waals surface area contributed by atoms with Crippen LogP contribution in [0.4, 0.5) is 11.5 Å². The number of aromatic amines is 1. The van der Waals surface area contributed by atoms with Crippen molar-refractivity contribution in [2.75, 3.05) is 58.0 Å². The molecule has 1 amide bonds. The Bertz CT molecular complexity index is 948. The standard InChI is InChI=1S/C20H27N7O2/c1-21-18-11-22-10-16(24-18)14-8-17(20(29)23-9-14)26(4)15-12-27(13-15)19(28)6-5-7-25(2)3/h5-6,8-11,15H,7,12-13H2,1-4H3,(H,21,24)(H,23,29)/b6-5+. The Balaban J connectivity index is 1.69. The number of H-pyrrole nitrogens is 1. The lowest BCUT2D eigenvalue weighted by atomic mass is 10.1. The Morgan fingerprint density at radius 2 is 2.10 bits per heavy atom. The Kier molecular flexibility index (Phi) is 6.28. The molecule has 3 heterocycles. The highest BCUT2D eigenvalue weighted by Crippen LogP contribution is 2.23. The summed E-state index contributed by atoms with van der Waals surface area (Å²) in [6.07, 6.45) is 8.39. The predicted molar refractivity (Wildman–Crippen MR) is 114 cm³/mol. The van der Waals surface area contributed by atoms with Crippen LogP contribution in [0.3, 0.4) is 0 Å². The summed E-state index contributed by atoms with van der Waals surface area (Å²) in [6.45, 7) is 1.89. The number of aromatic nitrogens is 3. The van der Waals surface area contributed by atoms with E-state index in [0.29, 0.717) is 30.3 Å². The molecule has 154 valence electrons. The van der Waals surface area contributed by atoms with E-state index in [1.165, 1.54) is 0 Å². The molecule has 2 aromatic rings. The smallest absolute Gasteiger partial charge is 0.271 e. The molecule has 9 heteroatoms. The van der Waals surface area contributed by atoms with Crippen molar-refractivity contribution in [2.45, 2.75) is 6.04 Å². The Morgan fingerprint density at radius 1 is 1.34 bits per heavy atom. The fourth-order valence-electron chi connectivity index (χ4n) is 3.05. The zero-order valence-electron chi connectivity index (χ0n) is 17.2. The van der Waals surface area contributed by atoms with Gasteiger partial charge >= 0.3 is 0 Å². The summed E-state index contributed by atoms with van der Waals surface area (Å²) in [5.41, 5.74) is 1.80. The summed E-state index contributed by atoms with van der Waals surface area (Å²) in [4.78, 5) is 41.7. The van der Waals surface area contributed by atoms with Gasteiger partial charge < -0.3 is 25.0 Å². The number of pyridine rings is 1. The lowest BCUT2D eigenvalue weighted by Gasteiger charge is -2.44. The Labute approximate surface area is 170 Å². The van der Waals surface area contributed by atoms with Crippen LogP contribution in [-0.4, -0.2) is 84.5 Å². The molecule has 0 saturated carbocycles. The van der Waals surface area contributed by atoms with Crippen molar-refractivity contribution in [1.29, 1.82) is 0 Å². The van der Waals surface area contributed by atoms with E-state index in [0.717, 1.165) is 12.1 Å². The number of hydrogen-bond donors (Lipinski definition) is 2. The van der Waals surface area contributed by atoms with Crippen LogP contribution in [0.15, 0.2) is 41.6 Å². The van der Waals surface area contributed by atoms with Crippen molar-refractivity contribution in [3.05, 3.63) is 47.2 Å². The van der Waals surface area contributed by atoms with Crippen molar-refractivity contribution in [3.8, 4) is 11.3 Å². The predicted octanol–water partition coefficient (Wildman–Crippen LogP) is 0.638. The zero-order valence-corrected chi connectivity index (χ0v) is 17.2. The van der Waals surface area contributed by atoms with Gasteiger partial charge in [-0.15, -0.1) is 0 Å². The molecule has 1 aliphatic rings. The van der Waals surface area contributed by atoms with Crippen molar-refractivity contribution in [1.82, 2.24) is 24.8 Å². The van der Waals surface area contributed by atoms with Crippen LogP contribution in [0.2, 0.25) is 0 Å². The van der Waals surface area contributed by atoms with E-state index in [9.17, 15) is 9.59 Å². The third-order valence-corrected chi connectivity index (χ3v) is 4.90. The number of nitrogens with one attached hydrogen (secondary N) is 2. The summed E-state index contributed by atoms with van der Waals surface area (Å²) in [5, 5.41) is 2.96. The topological polar surface area (TPSA) is 97.5 Å². The summed E-state index contributed by atoms with van der Waals surface area (Å²) >= 11 is 0. The minimum absolute atomic E-state index is 0.00156. The van der Waals surface area contributed by atoms with E-state index in [-0.39, 0.29) is 17.5 Å². The normalized spacial score (nSPS) is 14.3. The third-order valence-electron chi connectivity index (χ3n) is 4.90. The second kappa shape index (κ2) is 8.87. The second-order valence-corrected chi connectivity index (χ2v) is 7.31. The molecular weight excluding hydrogens is 370 g/mol. The molecule has 2 aromatic heterocycles. The number of likely N-dealkylation sites (tertiary alicyclic amines) is 1. The van der Waals surface area contributed by atoms with Crippen molar-refractivity contribution in [2.24, 2.45) is 0 Å². The van der Waals surface area contributed by atoms with Gasteiger partial charge in [0.25, 0.3) is 5.56 Å². The van der Waals surface area contributed by atoms with E-state index in [4.69, 9.17) is 0 Å². The van der Waals surface area contributed by atoms with Crippen LogP contribution in [0.1, 0.15) is 0 Å². The molecule has 1 saturated heterocycles. The van der Waals surface area contributed by atoms with Gasteiger partial charge in [-0.3, -0.25) is 14.6 Å². The average molecular weight is 397 g/mol. The Morgan fingerprint density at radius 3 is 2.79 bits per heavy atom. The number of anilines is 2. The molecule has 0 radical (unpaired) electrons. The molecule has 0 unspecified atom stereocenters. The summed E-state index contributed by atoms with van der Waals surface area (Å²) in [6, 6.07) is 1.90. The van der Waals surface area contributed by atoms with Gasteiger partial charge in [0.1, 0.15) is 11.5 Å². The van der Waals surface area contributed by atoms with Crippen LogP contribution < -0.4 is 15.8 Å². The molecule has 3 rings (SSSR count). The molecule has 0 aliphatic carbocycles. The highest BCUT2D eigenvalue weighted by molar-refractivity contribution is 5.88. The second-order valence-electron chi connectivity index (χ2n) is 7.31. The first-order chi connectivity index (χ1) is 13.9. The number of amides is 1. The zero-order chi connectivity index (χ0) is 21.0. The lowest BCUT2D eigenvalue weighted by Crippen LogP contribution is -2.60. The van der Waals surface area contributed by atoms with Crippen molar-refractivity contribution in [3.63, 3.8) is 0 Å². The van der Waals surface area contributed by atoms with Gasteiger partial charge in [-0.05, 0) is 20.2 Å². The number of nitrogens with zero attached hydrogens (tertiary/aromatic N) is 5. The van der Waals surface area contributed by atoms with Crippen LogP contribution in [0.5, 0.6) is 0 Å². The molecule has 1 fully saturated rings. The first-order valence-electron chi connectivity index (χ1n) is 9.45. The lowest BCUT2D eigenvalue weighted by molar-refractivity contribution is -0.130. The molecule has 0 bridgehead atoms. The number of carbonyl (C=O) groups excluding carboxylic acids is 1. The van der Waals surface area contributed by atoms with Crippen LogP contribution >= 0.6 is 0 Å². The van der Waals surface area contributed by atoms with Crippen LogP contribution in [0, 0.1) is 0 Å². The van der Waals surface area contributed by atoms with Crippen LogP contribution in [0.25, 0.3) is 11.3 Å². The Hall–Kier alpha value is -3.20. The van der Waals surface area contributed by atoms with Crippen molar-refractivity contribution < 1.29 is 4.79 Å². The minimum Gasteiger partial charge on any atom is -0.372 e. The molecule has 29 heavy (non-hydrogen) atoms. The molecule has 1 aliphatic heterocycles. The number of likely N-dealkylation sites (N-methyl/N-ethyl adjacent to an activating group) is 2. The quantitative estimate of drug-likeness (QED) is 0.662. The van der Waals surface area contributed by atoms with Gasteiger partial charge in [0, 0.05) is 51.6 Å².